The number of hydrogen-bond acceptors (Lipinski definition) is 3. The van der Waals surface area contributed by atoms with Gasteiger partial charge in [-0.3, -0.25) is 0 Å². The van der Waals surface area contributed by atoms with E-state index in [9.17, 15) is 0 Å². The molecule has 1 heterocycles. The lowest BCUT2D eigenvalue weighted by atomic mass is 9.99. The Morgan fingerprint density at radius 1 is 1.10 bits per heavy atom. The highest BCUT2D eigenvalue weighted by atomic mass is 16.5. The van der Waals surface area contributed by atoms with Crippen LogP contribution in [0.25, 0.3) is 10.8 Å². The molecule has 1 N–H and O–H groups in total. The first-order valence-electron chi connectivity index (χ1n) is 7.19. The fraction of sp³-hybridized carbons (Fsp3) is 0.412. The Balaban J connectivity index is 2.04. The number of benzene rings is 2. The van der Waals surface area contributed by atoms with Gasteiger partial charge in [0, 0.05) is 16.8 Å². The van der Waals surface area contributed by atoms with Crippen LogP contribution in [0.3, 0.4) is 0 Å². The summed E-state index contributed by atoms with van der Waals surface area (Å²) < 4.78 is 11.1. The average molecular weight is 271 g/mol. The van der Waals surface area contributed by atoms with Crippen LogP contribution in [-0.2, 0) is 6.42 Å². The molecule has 106 valence electrons. The second-order valence-electron chi connectivity index (χ2n) is 5.31. The molecule has 0 aromatic heterocycles. The molecule has 3 nitrogen and oxygen atoms in total. The summed E-state index contributed by atoms with van der Waals surface area (Å²) >= 11 is 0. The molecule has 2 aromatic carbocycles. The van der Waals surface area contributed by atoms with Crippen molar-refractivity contribution in [2.24, 2.45) is 0 Å². The molecule has 0 saturated carbocycles. The highest BCUT2D eigenvalue weighted by Gasteiger charge is 2.18. The Morgan fingerprint density at radius 3 is 2.70 bits per heavy atom. The van der Waals surface area contributed by atoms with Crippen LogP contribution in [0.15, 0.2) is 30.3 Å². The topological polar surface area (TPSA) is 30.5 Å². The molecule has 3 heteroatoms. The van der Waals surface area contributed by atoms with Crippen molar-refractivity contribution in [1.29, 1.82) is 0 Å². The first-order valence-corrected chi connectivity index (χ1v) is 7.19. The first-order chi connectivity index (χ1) is 9.83. The largest absolute Gasteiger partial charge is 0.496 e. The van der Waals surface area contributed by atoms with Crippen LogP contribution in [0.2, 0.25) is 0 Å². The molecule has 1 aliphatic rings. The fourth-order valence-corrected chi connectivity index (χ4v) is 3.12. The maximum absolute atomic E-state index is 5.69. The van der Waals surface area contributed by atoms with Gasteiger partial charge in [-0.05, 0) is 37.4 Å². The van der Waals surface area contributed by atoms with E-state index in [1.54, 1.807) is 14.2 Å². The maximum Gasteiger partial charge on any atom is 0.130 e. The minimum absolute atomic E-state index is 0.576. The minimum Gasteiger partial charge on any atom is -0.496 e. The van der Waals surface area contributed by atoms with Gasteiger partial charge in [-0.2, -0.15) is 0 Å². The highest BCUT2D eigenvalue weighted by molar-refractivity contribution is 5.94. The molecule has 1 unspecified atom stereocenters. The lowest BCUT2D eigenvalue weighted by molar-refractivity contribution is 0.410. The van der Waals surface area contributed by atoms with E-state index in [1.807, 2.05) is 12.1 Å². The number of rotatable bonds is 4. The van der Waals surface area contributed by atoms with Crippen molar-refractivity contribution in [2.45, 2.75) is 25.3 Å². The zero-order valence-corrected chi connectivity index (χ0v) is 12.1. The molecule has 1 atom stereocenters. The van der Waals surface area contributed by atoms with Gasteiger partial charge in [0.05, 0.1) is 14.2 Å². The van der Waals surface area contributed by atoms with Gasteiger partial charge in [0.25, 0.3) is 0 Å². The summed E-state index contributed by atoms with van der Waals surface area (Å²) in [6, 6.07) is 11.0. The lowest BCUT2D eigenvalue weighted by Gasteiger charge is -2.16. The molecule has 20 heavy (non-hydrogen) atoms. The Labute approximate surface area is 119 Å². The first kappa shape index (κ1) is 13.3. The number of hydrogen-bond donors (Lipinski definition) is 1. The van der Waals surface area contributed by atoms with Gasteiger partial charge < -0.3 is 14.8 Å². The van der Waals surface area contributed by atoms with Gasteiger partial charge in [0.2, 0.25) is 0 Å². The summed E-state index contributed by atoms with van der Waals surface area (Å²) in [6.07, 6.45) is 3.55. The smallest absolute Gasteiger partial charge is 0.130 e. The van der Waals surface area contributed by atoms with Gasteiger partial charge in [-0.1, -0.05) is 24.3 Å². The number of nitrogens with one attached hydrogen (secondary N) is 1. The van der Waals surface area contributed by atoms with Crippen LogP contribution in [0, 0.1) is 0 Å². The predicted molar refractivity (Wildman–Crippen MR) is 81.8 cm³/mol. The SMILES string of the molecule is COc1cccc2c(OC)c(CC3CCCN3)ccc12. The molecule has 0 aliphatic carbocycles. The van der Waals surface area contributed by atoms with Gasteiger partial charge in [0.15, 0.2) is 0 Å². The monoisotopic (exact) mass is 271 g/mol. The third-order valence-electron chi connectivity index (χ3n) is 4.11. The predicted octanol–water partition coefficient (Wildman–Crippen LogP) is 3.15. The lowest BCUT2D eigenvalue weighted by Crippen LogP contribution is -2.23. The van der Waals surface area contributed by atoms with E-state index in [4.69, 9.17) is 9.47 Å². The molecule has 2 aromatic rings. The molecular weight excluding hydrogens is 250 g/mol. The fourth-order valence-electron chi connectivity index (χ4n) is 3.12. The van der Waals surface area contributed by atoms with Crippen molar-refractivity contribution in [3.8, 4) is 11.5 Å². The van der Waals surface area contributed by atoms with Crippen LogP contribution < -0.4 is 14.8 Å². The Morgan fingerprint density at radius 2 is 2.00 bits per heavy atom. The van der Waals surface area contributed by atoms with Gasteiger partial charge in [0.1, 0.15) is 11.5 Å². The zero-order chi connectivity index (χ0) is 13.9. The van der Waals surface area contributed by atoms with Crippen molar-refractivity contribution >= 4 is 10.8 Å². The molecular formula is C17H21NO2. The summed E-state index contributed by atoms with van der Waals surface area (Å²) in [7, 11) is 3.46. The van der Waals surface area contributed by atoms with Crippen molar-refractivity contribution < 1.29 is 9.47 Å². The van der Waals surface area contributed by atoms with Crippen molar-refractivity contribution in [3.63, 3.8) is 0 Å². The van der Waals surface area contributed by atoms with Crippen LogP contribution in [0.1, 0.15) is 18.4 Å². The molecule has 1 fully saturated rings. The Kier molecular flexibility index (Phi) is 3.79. The van der Waals surface area contributed by atoms with Crippen LogP contribution in [0.5, 0.6) is 11.5 Å². The third kappa shape index (κ3) is 2.34. The van der Waals surface area contributed by atoms with E-state index in [0.717, 1.165) is 35.2 Å². The quantitative estimate of drug-likeness (QED) is 0.926. The highest BCUT2D eigenvalue weighted by Crippen LogP contribution is 2.35. The summed E-state index contributed by atoms with van der Waals surface area (Å²) in [6.45, 7) is 1.13. The van der Waals surface area contributed by atoms with Gasteiger partial charge in [-0.15, -0.1) is 0 Å². The van der Waals surface area contributed by atoms with Crippen LogP contribution in [0.4, 0.5) is 0 Å². The molecule has 1 saturated heterocycles. The second kappa shape index (κ2) is 5.71. The summed E-state index contributed by atoms with van der Waals surface area (Å²) in [4.78, 5) is 0. The molecule has 0 spiro atoms. The Bertz CT molecular complexity index is 603. The van der Waals surface area contributed by atoms with E-state index in [0.29, 0.717) is 6.04 Å². The van der Waals surface area contributed by atoms with E-state index in [1.165, 1.54) is 18.4 Å². The van der Waals surface area contributed by atoms with Crippen LogP contribution >= 0.6 is 0 Å². The number of ether oxygens (including phenoxy) is 2. The molecule has 0 radical (unpaired) electrons. The second-order valence-corrected chi connectivity index (χ2v) is 5.31. The van der Waals surface area contributed by atoms with E-state index < -0.39 is 0 Å². The van der Waals surface area contributed by atoms with E-state index >= 15 is 0 Å². The minimum atomic E-state index is 0.576. The molecule has 1 aliphatic heterocycles. The Hall–Kier alpha value is -1.74. The number of fused-ring (bicyclic) bond motifs is 1. The molecule has 0 bridgehead atoms. The van der Waals surface area contributed by atoms with Crippen LogP contribution in [-0.4, -0.2) is 26.8 Å². The van der Waals surface area contributed by atoms with E-state index in [-0.39, 0.29) is 0 Å². The van der Waals surface area contributed by atoms with Gasteiger partial charge >= 0.3 is 0 Å². The molecule has 0 amide bonds. The average Bonchev–Trinajstić information content (AvgIpc) is 2.99. The maximum atomic E-state index is 5.69. The number of methoxy groups -OCH3 is 2. The summed E-state index contributed by atoms with van der Waals surface area (Å²) in [5, 5.41) is 5.78. The molecule has 3 rings (SSSR count). The summed E-state index contributed by atoms with van der Waals surface area (Å²) in [5.41, 5.74) is 1.27. The van der Waals surface area contributed by atoms with Crippen molar-refractivity contribution in [3.05, 3.63) is 35.9 Å². The van der Waals surface area contributed by atoms with Crippen molar-refractivity contribution in [1.82, 2.24) is 5.32 Å². The standard InChI is InChI=1S/C17H21NO2/c1-19-16-7-3-6-15-14(16)9-8-12(17(15)20-2)11-13-5-4-10-18-13/h3,6-9,13,18H,4-5,10-11H2,1-2H3. The summed E-state index contributed by atoms with van der Waals surface area (Å²) in [5.74, 6) is 1.88. The van der Waals surface area contributed by atoms with E-state index in [2.05, 4.69) is 23.5 Å². The van der Waals surface area contributed by atoms with Crippen molar-refractivity contribution in [2.75, 3.05) is 20.8 Å². The third-order valence-corrected chi connectivity index (χ3v) is 4.11. The zero-order valence-electron chi connectivity index (χ0n) is 12.1. The normalized spacial score (nSPS) is 18.4. The van der Waals surface area contributed by atoms with Gasteiger partial charge in [-0.25, -0.2) is 0 Å².